The molecule has 0 bridgehead atoms. The van der Waals surface area contributed by atoms with Crippen LogP contribution < -0.4 is 10.1 Å². The van der Waals surface area contributed by atoms with Crippen LogP contribution in [0.1, 0.15) is 5.01 Å². The summed E-state index contributed by atoms with van der Waals surface area (Å²) in [6, 6.07) is 5.77. The summed E-state index contributed by atoms with van der Waals surface area (Å²) in [6.45, 7) is 4.44. The van der Waals surface area contributed by atoms with Crippen molar-refractivity contribution in [1.29, 1.82) is 0 Å². The maximum atomic E-state index is 11.4. The van der Waals surface area contributed by atoms with Crippen molar-refractivity contribution in [2.24, 2.45) is 0 Å². The van der Waals surface area contributed by atoms with E-state index in [1.165, 1.54) is 0 Å². The number of carbonyl (C=O) groups is 1. The summed E-state index contributed by atoms with van der Waals surface area (Å²) in [6.07, 6.45) is 0. The Morgan fingerprint density at radius 1 is 1.30 bits per heavy atom. The molecule has 1 aromatic heterocycles. The number of benzene rings is 1. The van der Waals surface area contributed by atoms with Gasteiger partial charge in [0.05, 0.1) is 31.1 Å². The minimum absolute atomic E-state index is 0.0761. The SMILES string of the molecule is O=C1COc2ccc(-c3csc(CN4CCOCC4)n3)cc2N1. The van der Waals surface area contributed by atoms with E-state index in [0.29, 0.717) is 11.4 Å². The lowest BCUT2D eigenvalue weighted by atomic mass is 10.1. The van der Waals surface area contributed by atoms with Gasteiger partial charge in [0.2, 0.25) is 0 Å². The van der Waals surface area contributed by atoms with Gasteiger partial charge in [-0.2, -0.15) is 0 Å². The van der Waals surface area contributed by atoms with Gasteiger partial charge < -0.3 is 14.8 Å². The second kappa shape index (κ2) is 6.27. The third-order valence-electron chi connectivity index (χ3n) is 3.92. The van der Waals surface area contributed by atoms with E-state index in [1.807, 2.05) is 18.2 Å². The molecule has 120 valence electrons. The highest BCUT2D eigenvalue weighted by Gasteiger charge is 2.18. The lowest BCUT2D eigenvalue weighted by Gasteiger charge is -2.25. The summed E-state index contributed by atoms with van der Waals surface area (Å²) in [7, 11) is 0. The normalized spacial score (nSPS) is 18.2. The number of anilines is 1. The molecule has 0 aliphatic carbocycles. The van der Waals surface area contributed by atoms with Crippen molar-refractivity contribution in [3.05, 3.63) is 28.6 Å². The Morgan fingerprint density at radius 2 is 2.17 bits per heavy atom. The average molecular weight is 331 g/mol. The first kappa shape index (κ1) is 14.6. The molecule has 23 heavy (non-hydrogen) atoms. The number of nitrogens with zero attached hydrogens (tertiary/aromatic N) is 2. The predicted octanol–water partition coefficient (Wildman–Crippen LogP) is 1.97. The van der Waals surface area contributed by atoms with Crippen LogP contribution >= 0.6 is 11.3 Å². The quantitative estimate of drug-likeness (QED) is 0.932. The maximum Gasteiger partial charge on any atom is 0.262 e. The zero-order valence-electron chi connectivity index (χ0n) is 12.6. The number of fused-ring (bicyclic) bond motifs is 1. The van der Waals surface area contributed by atoms with Gasteiger partial charge >= 0.3 is 0 Å². The molecule has 1 aromatic carbocycles. The van der Waals surface area contributed by atoms with Gasteiger partial charge in [-0.1, -0.05) is 0 Å². The predicted molar refractivity (Wildman–Crippen MR) is 87.8 cm³/mol. The summed E-state index contributed by atoms with van der Waals surface area (Å²) >= 11 is 1.66. The molecule has 0 radical (unpaired) electrons. The number of rotatable bonds is 3. The van der Waals surface area contributed by atoms with Gasteiger partial charge in [-0.25, -0.2) is 4.98 Å². The van der Waals surface area contributed by atoms with Crippen molar-refractivity contribution < 1.29 is 14.3 Å². The number of morpholine rings is 1. The maximum absolute atomic E-state index is 11.4. The lowest BCUT2D eigenvalue weighted by molar-refractivity contribution is -0.118. The van der Waals surface area contributed by atoms with Crippen LogP contribution in [0.2, 0.25) is 0 Å². The fourth-order valence-corrected chi connectivity index (χ4v) is 3.55. The Hall–Kier alpha value is -1.96. The van der Waals surface area contributed by atoms with Crippen LogP contribution in [0, 0.1) is 0 Å². The van der Waals surface area contributed by atoms with Crippen molar-refractivity contribution >= 4 is 22.9 Å². The van der Waals surface area contributed by atoms with Gasteiger partial charge in [0.1, 0.15) is 10.8 Å². The monoisotopic (exact) mass is 331 g/mol. The molecule has 2 aliphatic heterocycles. The summed E-state index contributed by atoms with van der Waals surface area (Å²) < 4.78 is 10.8. The fourth-order valence-electron chi connectivity index (χ4n) is 2.71. The first-order valence-corrected chi connectivity index (χ1v) is 8.47. The summed E-state index contributed by atoms with van der Waals surface area (Å²) in [5.74, 6) is 0.582. The minimum Gasteiger partial charge on any atom is -0.482 e. The molecule has 1 fully saturated rings. The highest BCUT2D eigenvalue weighted by atomic mass is 32.1. The van der Waals surface area contributed by atoms with Gasteiger partial charge in [0.15, 0.2) is 6.61 Å². The molecule has 4 rings (SSSR count). The molecule has 2 aromatic rings. The molecule has 1 saturated heterocycles. The van der Waals surface area contributed by atoms with Crippen LogP contribution in [-0.4, -0.2) is 48.7 Å². The number of aromatic nitrogens is 1. The topological polar surface area (TPSA) is 63.7 Å². The van der Waals surface area contributed by atoms with E-state index in [0.717, 1.165) is 49.1 Å². The largest absolute Gasteiger partial charge is 0.482 e. The molecule has 0 atom stereocenters. The van der Waals surface area contributed by atoms with E-state index in [-0.39, 0.29) is 12.5 Å². The second-order valence-corrected chi connectivity index (χ2v) is 6.51. The fraction of sp³-hybridized carbons (Fsp3) is 0.375. The van der Waals surface area contributed by atoms with Crippen LogP contribution in [0.5, 0.6) is 5.75 Å². The Morgan fingerprint density at radius 3 is 3.04 bits per heavy atom. The number of amides is 1. The molecule has 1 N–H and O–H groups in total. The van der Waals surface area contributed by atoms with Crippen molar-refractivity contribution in [3.8, 4) is 17.0 Å². The molecule has 7 heteroatoms. The molecule has 1 amide bonds. The van der Waals surface area contributed by atoms with E-state index in [1.54, 1.807) is 11.3 Å². The standard InChI is InChI=1S/C16H17N3O3S/c20-15-9-22-14-2-1-11(7-12(14)17-15)13-10-23-16(18-13)8-19-3-5-21-6-4-19/h1-2,7,10H,3-6,8-9H2,(H,17,20). The number of thiazole rings is 1. The zero-order chi connectivity index (χ0) is 15.6. The summed E-state index contributed by atoms with van der Waals surface area (Å²) in [5.41, 5.74) is 2.63. The van der Waals surface area contributed by atoms with Crippen molar-refractivity contribution in [2.45, 2.75) is 6.54 Å². The highest BCUT2D eigenvalue weighted by Crippen LogP contribution is 2.33. The first-order valence-electron chi connectivity index (χ1n) is 7.59. The number of carbonyl (C=O) groups excluding carboxylic acids is 1. The van der Waals surface area contributed by atoms with Crippen LogP contribution in [0.3, 0.4) is 0 Å². The molecule has 0 saturated carbocycles. The van der Waals surface area contributed by atoms with Crippen LogP contribution in [-0.2, 0) is 16.1 Å². The molecule has 3 heterocycles. The summed E-state index contributed by atoms with van der Waals surface area (Å²) in [4.78, 5) is 18.5. The number of hydrogen-bond acceptors (Lipinski definition) is 6. The van der Waals surface area contributed by atoms with Gasteiger partial charge in [-0.15, -0.1) is 11.3 Å². The number of ether oxygens (including phenoxy) is 2. The van der Waals surface area contributed by atoms with Gasteiger partial charge in [-0.05, 0) is 18.2 Å². The van der Waals surface area contributed by atoms with Crippen molar-refractivity contribution in [2.75, 3.05) is 38.2 Å². The molecule has 0 unspecified atom stereocenters. The third kappa shape index (κ3) is 3.21. The average Bonchev–Trinajstić information content (AvgIpc) is 3.03. The molecule has 0 spiro atoms. The van der Waals surface area contributed by atoms with Crippen LogP contribution in [0.25, 0.3) is 11.3 Å². The molecule has 6 nitrogen and oxygen atoms in total. The Kier molecular flexibility index (Phi) is 3.99. The minimum atomic E-state index is -0.124. The highest BCUT2D eigenvalue weighted by molar-refractivity contribution is 7.09. The van der Waals surface area contributed by atoms with E-state index in [2.05, 4.69) is 15.6 Å². The zero-order valence-corrected chi connectivity index (χ0v) is 13.4. The van der Waals surface area contributed by atoms with Gasteiger partial charge in [0.25, 0.3) is 5.91 Å². The lowest BCUT2D eigenvalue weighted by Crippen LogP contribution is -2.35. The van der Waals surface area contributed by atoms with E-state index < -0.39 is 0 Å². The molecular weight excluding hydrogens is 314 g/mol. The Balaban J connectivity index is 1.52. The Bertz CT molecular complexity index is 725. The summed E-state index contributed by atoms with van der Waals surface area (Å²) in [5, 5.41) is 5.99. The van der Waals surface area contributed by atoms with Crippen LogP contribution in [0.15, 0.2) is 23.6 Å². The number of hydrogen-bond donors (Lipinski definition) is 1. The number of nitrogens with one attached hydrogen (secondary N) is 1. The Labute approximate surface area is 138 Å². The molecular formula is C16H17N3O3S. The van der Waals surface area contributed by atoms with Gasteiger partial charge in [0, 0.05) is 24.0 Å². The smallest absolute Gasteiger partial charge is 0.262 e. The van der Waals surface area contributed by atoms with E-state index in [9.17, 15) is 4.79 Å². The van der Waals surface area contributed by atoms with Gasteiger partial charge in [-0.3, -0.25) is 9.69 Å². The second-order valence-electron chi connectivity index (χ2n) is 5.56. The van der Waals surface area contributed by atoms with E-state index >= 15 is 0 Å². The van der Waals surface area contributed by atoms with Crippen LogP contribution in [0.4, 0.5) is 5.69 Å². The van der Waals surface area contributed by atoms with Crippen molar-refractivity contribution in [3.63, 3.8) is 0 Å². The van der Waals surface area contributed by atoms with Crippen molar-refractivity contribution in [1.82, 2.24) is 9.88 Å². The first-order chi connectivity index (χ1) is 11.3. The third-order valence-corrected chi connectivity index (χ3v) is 4.76. The molecule has 2 aliphatic rings. The van der Waals surface area contributed by atoms with E-state index in [4.69, 9.17) is 14.5 Å².